The highest BCUT2D eigenvalue weighted by Gasteiger charge is 1.95. The van der Waals surface area contributed by atoms with Crippen molar-refractivity contribution in [2.24, 2.45) is 5.73 Å². The minimum absolute atomic E-state index is 0.491. The van der Waals surface area contributed by atoms with E-state index in [9.17, 15) is 0 Å². The van der Waals surface area contributed by atoms with Crippen molar-refractivity contribution in [2.45, 2.75) is 38.4 Å². The fourth-order valence-corrected chi connectivity index (χ4v) is 0.825. The SMILES string of the molecule is NCCCCCCC(O)O. The molecule has 0 spiro atoms. The van der Waals surface area contributed by atoms with Gasteiger partial charge in [0.15, 0.2) is 6.29 Å². The zero-order valence-electron chi connectivity index (χ0n) is 6.29. The standard InChI is InChI=1S/C7H17NO2/c8-6-4-2-1-3-5-7(9)10/h7,9-10H,1-6,8H2. The molecule has 0 aromatic carbocycles. The molecule has 4 N–H and O–H groups in total. The third-order valence-electron chi connectivity index (χ3n) is 1.42. The van der Waals surface area contributed by atoms with Crippen molar-refractivity contribution in [1.82, 2.24) is 0 Å². The zero-order valence-corrected chi connectivity index (χ0v) is 6.29. The minimum atomic E-state index is -1.13. The lowest BCUT2D eigenvalue weighted by Gasteiger charge is -2.01. The lowest BCUT2D eigenvalue weighted by Crippen LogP contribution is -2.03. The maximum Gasteiger partial charge on any atom is 0.151 e. The van der Waals surface area contributed by atoms with Crippen LogP contribution in [-0.2, 0) is 0 Å². The van der Waals surface area contributed by atoms with Crippen molar-refractivity contribution in [1.29, 1.82) is 0 Å². The largest absolute Gasteiger partial charge is 0.368 e. The lowest BCUT2D eigenvalue weighted by atomic mass is 10.1. The Hall–Kier alpha value is -0.120. The van der Waals surface area contributed by atoms with Crippen LogP contribution in [0.4, 0.5) is 0 Å². The van der Waals surface area contributed by atoms with Gasteiger partial charge < -0.3 is 15.9 Å². The van der Waals surface area contributed by atoms with Crippen LogP contribution in [0.2, 0.25) is 0 Å². The fraction of sp³-hybridized carbons (Fsp3) is 1.00. The first-order valence-corrected chi connectivity index (χ1v) is 3.83. The Balaban J connectivity index is 2.77. The number of nitrogens with two attached hydrogens (primary N) is 1. The second-order valence-corrected chi connectivity index (χ2v) is 2.47. The molecule has 3 nitrogen and oxygen atoms in total. The van der Waals surface area contributed by atoms with Crippen LogP contribution in [0.5, 0.6) is 0 Å². The van der Waals surface area contributed by atoms with E-state index in [1.165, 1.54) is 0 Å². The van der Waals surface area contributed by atoms with E-state index in [-0.39, 0.29) is 0 Å². The molecular formula is C7H17NO2. The first kappa shape index (κ1) is 9.88. The van der Waals surface area contributed by atoms with E-state index in [4.69, 9.17) is 15.9 Å². The second-order valence-electron chi connectivity index (χ2n) is 2.47. The molecule has 0 rings (SSSR count). The smallest absolute Gasteiger partial charge is 0.151 e. The summed E-state index contributed by atoms with van der Waals surface area (Å²) in [5.74, 6) is 0. The summed E-state index contributed by atoms with van der Waals surface area (Å²) >= 11 is 0. The monoisotopic (exact) mass is 147 g/mol. The van der Waals surface area contributed by atoms with Gasteiger partial charge in [0.05, 0.1) is 0 Å². The van der Waals surface area contributed by atoms with Crippen molar-refractivity contribution >= 4 is 0 Å². The number of unbranched alkanes of at least 4 members (excludes halogenated alkanes) is 3. The number of aliphatic hydroxyl groups is 2. The number of hydrogen-bond donors (Lipinski definition) is 3. The topological polar surface area (TPSA) is 66.5 Å². The van der Waals surface area contributed by atoms with Crippen molar-refractivity contribution in [3.8, 4) is 0 Å². The fourth-order valence-electron chi connectivity index (χ4n) is 0.825. The average Bonchev–Trinajstić information content (AvgIpc) is 1.87. The summed E-state index contributed by atoms with van der Waals surface area (Å²) in [5.41, 5.74) is 5.27. The highest BCUT2D eigenvalue weighted by molar-refractivity contribution is 4.45. The molecule has 0 radical (unpaired) electrons. The molecule has 62 valence electrons. The van der Waals surface area contributed by atoms with Gasteiger partial charge in [0.25, 0.3) is 0 Å². The zero-order chi connectivity index (χ0) is 7.82. The Morgan fingerprint density at radius 2 is 1.60 bits per heavy atom. The molecule has 0 aromatic heterocycles. The average molecular weight is 147 g/mol. The van der Waals surface area contributed by atoms with Crippen LogP contribution in [-0.4, -0.2) is 23.0 Å². The highest BCUT2D eigenvalue weighted by atomic mass is 16.5. The quantitative estimate of drug-likeness (QED) is 0.371. The van der Waals surface area contributed by atoms with E-state index < -0.39 is 6.29 Å². The van der Waals surface area contributed by atoms with Gasteiger partial charge in [-0.2, -0.15) is 0 Å². The third kappa shape index (κ3) is 7.88. The maximum absolute atomic E-state index is 8.44. The van der Waals surface area contributed by atoms with Crippen LogP contribution < -0.4 is 5.73 Å². The normalized spacial score (nSPS) is 10.8. The second kappa shape index (κ2) is 6.99. The summed E-state index contributed by atoms with van der Waals surface area (Å²) < 4.78 is 0. The molecule has 0 saturated carbocycles. The van der Waals surface area contributed by atoms with E-state index in [1.54, 1.807) is 0 Å². The molecule has 0 aliphatic carbocycles. The first-order valence-electron chi connectivity index (χ1n) is 3.83. The molecular weight excluding hydrogens is 130 g/mol. The van der Waals surface area contributed by atoms with Gasteiger partial charge in [-0.15, -0.1) is 0 Å². The molecule has 0 aliphatic heterocycles. The predicted octanol–water partition coefficient (Wildman–Crippen LogP) is 0.206. The van der Waals surface area contributed by atoms with Crippen LogP contribution in [0.25, 0.3) is 0 Å². The molecule has 0 aromatic rings. The van der Waals surface area contributed by atoms with Gasteiger partial charge in [-0.25, -0.2) is 0 Å². The van der Waals surface area contributed by atoms with Crippen LogP contribution >= 0.6 is 0 Å². The number of rotatable bonds is 6. The van der Waals surface area contributed by atoms with Crippen molar-refractivity contribution in [3.05, 3.63) is 0 Å². The predicted molar refractivity (Wildman–Crippen MR) is 40.4 cm³/mol. The van der Waals surface area contributed by atoms with Crippen LogP contribution in [0, 0.1) is 0 Å². The summed E-state index contributed by atoms with van der Waals surface area (Å²) in [5, 5.41) is 16.9. The summed E-state index contributed by atoms with van der Waals surface area (Å²) in [7, 11) is 0. The Labute approximate surface area is 61.9 Å². The van der Waals surface area contributed by atoms with Crippen LogP contribution in [0.1, 0.15) is 32.1 Å². The van der Waals surface area contributed by atoms with Gasteiger partial charge in [-0.3, -0.25) is 0 Å². The summed E-state index contributed by atoms with van der Waals surface area (Å²) in [6, 6.07) is 0. The minimum Gasteiger partial charge on any atom is -0.368 e. The molecule has 0 amide bonds. The van der Waals surface area contributed by atoms with Gasteiger partial charge >= 0.3 is 0 Å². The first-order chi connectivity index (χ1) is 4.77. The molecule has 0 aliphatic rings. The molecule has 0 fully saturated rings. The van der Waals surface area contributed by atoms with E-state index in [0.29, 0.717) is 6.42 Å². The van der Waals surface area contributed by atoms with Gasteiger partial charge in [-0.05, 0) is 25.8 Å². The summed E-state index contributed by atoms with van der Waals surface area (Å²) in [4.78, 5) is 0. The van der Waals surface area contributed by atoms with Gasteiger partial charge in [-0.1, -0.05) is 12.8 Å². The number of aliphatic hydroxyl groups excluding tert-OH is 1. The number of hydrogen-bond acceptors (Lipinski definition) is 3. The third-order valence-corrected chi connectivity index (χ3v) is 1.42. The molecule has 10 heavy (non-hydrogen) atoms. The summed E-state index contributed by atoms with van der Waals surface area (Å²) in [6.07, 6.45) is 3.44. The molecule has 0 heterocycles. The molecule has 3 heteroatoms. The van der Waals surface area contributed by atoms with E-state index >= 15 is 0 Å². The van der Waals surface area contributed by atoms with Gasteiger partial charge in [0.1, 0.15) is 0 Å². The van der Waals surface area contributed by atoms with Crippen LogP contribution in [0.3, 0.4) is 0 Å². The van der Waals surface area contributed by atoms with Gasteiger partial charge in [0.2, 0.25) is 0 Å². The Kier molecular flexibility index (Phi) is 6.91. The van der Waals surface area contributed by atoms with E-state index in [2.05, 4.69) is 0 Å². The van der Waals surface area contributed by atoms with Gasteiger partial charge in [0, 0.05) is 0 Å². The van der Waals surface area contributed by atoms with Crippen molar-refractivity contribution in [2.75, 3.05) is 6.54 Å². The highest BCUT2D eigenvalue weighted by Crippen LogP contribution is 2.03. The Bertz CT molecular complexity index is 66.6. The van der Waals surface area contributed by atoms with Crippen LogP contribution in [0.15, 0.2) is 0 Å². The van der Waals surface area contributed by atoms with Crippen molar-refractivity contribution < 1.29 is 10.2 Å². The molecule has 0 unspecified atom stereocenters. The van der Waals surface area contributed by atoms with E-state index in [1.807, 2.05) is 0 Å². The summed E-state index contributed by atoms with van der Waals surface area (Å²) in [6.45, 7) is 0.738. The maximum atomic E-state index is 8.44. The molecule has 0 atom stereocenters. The lowest BCUT2D eigenvalue weighted by molar-refractivity contribution is -0.0465. The molecule has 0 saturated heterocycles. The van der Waals surface area contributed by atoms with E-state index in [0.717, 1.165) is 32.2 Å². The van der Waals surface area contributed by atoms with Crippen molar-refractivity contribution in [3.63, 3.8) is 0 Å². The molecule has 0 bridgehead atoms. The Morgan fingerprint density at radius 3 is 2.10 bits per heavy atom. The Morgan fingerprint density at radius 1 is 1.00 bits per heavy atom.